The second-order valence-corrected chi connectivity index (χ2v) is 9.21. The molecule has 3 aromatic rings. The van der Waals surface area contributed by atoms with Gasteiger partial charge in [0.2, 0.25) is 5.91 Å². The molecule has 9 heteroatoms. The highest BCUT2D eigenvalue weighted by atomic mass is 127. The highest BCUT2D eigenvalue weighted by Crippen LogP contribution is 2.27. The molecule has 0 saturated heterocycles. The fourth-order valence-electron chi connectivity index (χ4n) is 2.65. The number of anilines is 2. The molecule has 2 amide bonds. The minimum absolute atomic E-state index is 0.128. The van der Waals surface area contributed by atoms with E-state index in [-0.39, 0.29) is 22.4 Å². The Morgan fingerprint density at radius 3 is 2.39 bits per heavy atom. The molecule has 31 heavy (non-hydrogen) atoms. The topological polar surface area (TPSA) is 101 Å². The van der Waals surface area contributed by atoms with Gasteiger partial charge in [0.15, 0.2) is 0 Å². The first-order valence-electron chi connectivity index (χ1n) is 9.21. The molecule has 0 aliphatic heterocycles. The van der Waals surface area contributed by atoms with Crippen LogP contribution in [0, 0.1) is 13.7 Å². The van der Waals surface area contributed by atoms with E-state index in [0.717, 1.165) is 14.2 Å². The van der Waals surface area contributed by atoms with Crippen LogP contribution < -0.4 is 10.6 Å². The van der Waals surface area contributed by atoms with Crippen molar-refractivity contribution in [2.45, 2.75) is 17.1 Å². The van der Waals surface area contributed by atoms with Gasteiger partial charge in [-0.3, -0.25) is 19.7 Å². The number of rotatable bonds is 7. The minimum atomic E-state index is -0.545. The smallest absolute Gasteiger partial charge is 0.270 e. The molecule has 0 bridgehead atoms. The van der Waals surface area contributed by atoms with Gasteiger partial charge in [0.25, 0.3) is 11.6 Å². The van der Waals surface area contributed by atoms with Crippen LogP contribution in [0.4, 0.5) is 17.1 Å². The zero-order valence-electron chi connectivity index (χ0n) is 16.4. The summed E-state index contributed by atoms with van der Waals surface area (Å²) in [7, 11) is 0. The average Bonchev–Trinajstić information content (AvgIpc) is 2.75. The number of carbonyl (C=O) groups is 2. The van der Waals surface area contributed by atoms with Crippen LogP contribution in [0.15, 0.2) is 77.7 Å². The number of hydrogen-bond donors (Lipinski definition) is 2. The van der Waals surface area contributed by atoms with E-state index >= 15 is 0 Å². The van der Waals surface area contributed by atoms with Crippen molar-refractivity contribution in [2.75, 3.05) is 10.6 Å². The Kier molecular flexibility index (Phi) is 7.64. The Bertz CT molecular complexity index is 1120. The predicted octanol–water partition coefficient (Wildman–Crippen LogP) is 5.57. The van der Waals surface area contributed by atoms with Gasteiger partial charge in [-0.2, -0.15) is 0 Å². The van der Waals surface area contributed by atoms with Gasteiger partial charge in [0, 0.05) is 37.5 Å². The van der Waals surface area contributed by atoms with Crippen LogP contribution in [-0.2, 0) is 4.79 Å². The molecule has 0 radical (unpaired) electrons. The van der Waals surface area contributed by atoms with E-state index in [4.69, 9.17) is 0 Å². The van der Waals surface area contributed by atoms with Crippen LogP contribution in [0.1, 0.15) is 17.3 Å². The molecule has 0 aliphatic carbocycles. The van der Waals surface area contributed by atoms with Crippen LogP contribution >= 0.6 is 34.4 Å². The Hall–Kier alpha value is -2.92. The second-order valence-electron chi connectivity index (χ2n) is 6.55. The number of amides is 2. The van der Waals surface area contributed by atoms with Crippen molar-refractivity contribution >= 4 is 63.2 Å². The number of nitrogens with one attached hydrogen (secondary N) is 2. The van der Waals surface area contributed by atoms with E-state index in [0.29, 0.717) is 5.69 Å². The van der Waals surface area contributed by atoms with E-state index in [1.165, 1.54) is 36.0 Å². The summed E-state index contributed by atoms with van der Waals surface area (Å²) in [6, 6.07) is 20.2. The van der Waals surface area contributed by atoms with Gasteiger partial charge < -0.3 is 10.6 Å². The quantitative estimate of drug-likeness (QED) is 0.174. The number of nitro benzene ring substituents is 1. The summed E-state index contributed by atoms with van der Waals surface area (Å²) in [5, 5.41) is 16.2. The van der Waals surface area contributed by atoms with Crippen LogP contribution in [0.2, 0.25) is 0 Å². The van der Waals surface area contributed by atoms with Crippen LogP contribution in [0.5, 0.6) is 0 Å². The lowest BCUT2D eigenvalue weighted by Gasteiger charge is -2.13. The molecule has 3 rings (SSSR count). The van der Waals surface area contributed by atoms with Crippen LogP contribution in [0.25, 0.3) is 0 Å². The van der Waals surface area contributed by atoms with Gasteiger partial charge in [-0.05, 0) is 78.0 Å². The van der Waals surface area contributed by atoms with Crippen molar-refractivity contribution in [3.05, 3.63) is 92.0 Å². The lowest BCUT2D eigenvalue weighted by atomic mass is 10.2. The molecular weight excluding hydrogens is 529 g/mol. The number of carbonyl (C=O) groups excluding carboxylic acids is 2. The molecule has 3 aromatic carbocycles. The zero-order chi connectivity index (χ0) is 22.4. The second kappa shape index (κ2) is 10.4. The Morgan fingerprint density at radius 1 is 0.968 bits per heavy atom. The molecule has 0 saturated carbocycles. The number of thioether (sulfide) groups is 1. The van der Waals surface area contributed by atoms with E-state index in [1.807, 2.05) is 30.3 Å². The number of nitro groups is 1. The highest BCUT2D eigenvalue weighted by molar-refractivity contribution is 14.1. The van der Waals surface area contributed by atoms with Gasteiger partial charge in [-0.1, -0.05) is 12.1 Å². The van der Waals surface area contributed by atoms with E-state index < -0.39 is 10.8 Å². The number of halogens is 1. The highest BCUT2D eigenvalue weighted by Gasteiger charge is 2.16. The SMILES string of the molecule is CC(Sc1cccc(NC(=O)c2cccc([N+](=O)[O-])c2)c1)C(=O)Nc1ccc(I)cc1. The fourth-order valence-corrected chi connectivity index (χ4v) is 3.93. The predicted molar refractivity (Wildman–Crippen MR) is 131 cm³/mol. The summed E-state index contributed by atoms with van der Waals surface area (Å²) in [5.41, 5.74) is 1.31. The van der Waals surface area contributed by atoms with Gasteiger partial charge in [0.05, 0.1) is 10.2 Å². The largest absolute Gasteiger partial charge is 0.325 e. The van der Waals surface area contributed by atoms with Crippen molar-refractivity contribution in [2.24, 2.45) is 0 Å². The first kappa shape index (κ1) is 22.8. The van der Waals surface area contributed by atoms with Gasteiger partial charge in [-0.15, -0.1) is 11.8 Å². The molecule has 1 atom stereocenters. The van der Waals surface area contributed by atoms with Gasteiger partial charge in [0.1, 0.15) is 0 Å². The molecule has 158 valence electrons. The molecule has 0 fully saturated rings. The lowest BCUT2D eigenvalue weighted by molar-refractivity contribution is -0.384. The van der Waals surface area contributed by atoms with E-state index in [1.54, 1.807) is 25.1 Å². The number of benzene rings is 3. The maximum absolute atomic E-state index is 12.5. The molecule has 0 aromatic heterocycles. The molecule has 0 heterocycles. The maximum Gasteiger partial charge on any atom is 0.270 e. The van der Waals surface area contributed by atoms with Gasteiger partial charge in [-0.25, -0.2) is 0 Å². The third-order valence-electron chi connectivity index (χ3n) is 4.20. The lowest BCUT2D eigenvalue weighted by Crippen LogP contribution is -2.22. The minimum Gasteiger partial charge on any atom is -0.325 e. The van der Waals surface area contributed by atoms with Crippen molar-refractivity contribution in [1.29, 1.82) is 0 Å². The third kappa shape index (κ3) is 6.53. The average molecular weight is 547 g/mol. The molecule has 0 spiro atoms. The van der Waals surface area contributed by atoms with E-state index in [9.17, 15) is 19.7 Å². The molecule has 0 aliphatic rings. The summed E-state index contributed by atoms with van der Waals surface area (Å²) in [6.07, 6.45) is 0. The number of hydrogen-bond acceptors (Lipinski definition) is 5. The number of non-ortho nitro benzene ring substituents is 1. The summed E-state index contributed by atoms with van der Waals surface area (Å²) < 4.78 is 1.09. The number of nitrogens with zero attached hydrogens (tertiary/aromatic N) is 1. The Balaban J connectivity index is 1.63. The van der Waals surface area contributed by atoms with Gasteiger partial charge >= 0.3 is 0 Å². The Labute approximate surface area is 196 Å². The van der Waals surface area contributed by atoms with Crippen LogP contribution in [0.3, 0.4) is 0 Å². The first-order valence-corrected chi connectivity index (χ1v) is 11.2. The summed E-state index contributed by atoms with van der Waals surface area (Å²) in [4.78, 5) is 36.1. The molecular formula is C22H18IN3O4S. The van der Waals surface area contributed by atoms with Crippen molar-refractivity contribution in [3.63, 3.8) is 0 Å². The summed E-state index contributed by atoms with van der Waals surface area (Å²) >= 11 is 3.56. The monoisotopic (exact) mass is 547 g/mol. The Morgan fingerprint density at radius 2 is 1.68 bits per heavy atom. The summed E-state index contributed by atoms with van der Waals surface area (Å²) in [5.74, 6) is -0.576. The first-order chi connectivity index (χ1) is 14.8. The van der Waals surface area contributed by atoms with Crippen molar-refractivity contribution in [1.82, 2.24) is 0 Å². The zero-order valence-corrected chi connectivity index (χ0v) is 19.3. The standard InChI is InChI=1S/C22H18IN3O4S/c1-14(21(27)24-17-10-8-16(23)9-11-17)31-20-7-3-5-18(13-20)25-22(28)15-4-2-6-19(12-15)26(29)30/h2-14H,1H3,(H,24,27)(H,25,28). The molecule has 1 unspecified atom stereocenters. The maximum atomic E-state index is 12.5. The normalized spacial score (nSPS) is 11.4. The van der Waals surface area contributed by atoms with E-state index in [2.05, 4.69) is 33.2 Å². The molecule has 7 nitrogen and oxygen atoms in total. The van der Waals surface area contributed by atoms with Crippen molar-refractivity contribution in [3.8, 4) is 0 Å². The van der Waals surface area contributed by atoms with Crippen LogP contribution in [-0.4, -0.2) is 22.0 Å². The van der Waals surface area contributed by atoms with Crippen molar-refractivity contribution < 1.29 is 14.5 Å². The summed E-state index contributed by atoms with van der Waals surface area (Å²) in [6.45, 7) is 1.81. The third-order valence-corrected chi connectivity index (χ3v) is 6.02. The molecule has 2 N–H and O–H groups in total. The fraction of sp³-hybridized carbons (Fsp3) is 0.0909.